The van der Waals surface area contributed by atoms with Gasteiger partial charge in [0.05, 0.1) is 11.0 Å². The molecule has 0 aliphatic carbocycles. The Morgan fingerprint density at radius 2 is 2.42 bits per heavy atom. The molecule has 0 amide bonds. The van der Waals surface area contributed by atoms with E-state index in [1.54, 1.807) is 0 Å². The summed E-state index contributed by atoms with van der Waals surface area (Å²) in [4.78, 5) is 4.10. The van der Waals surface area contributed by atoms with Crippen molar-refractivity contribution in [3.05, 3.63) is 29.5 Å². The fourth-order valence-electron chi connectivity index (χ4n) is 1.22. The van der Waals surface area contributed by atoms with Gasteiger partial charge in [-0.1, -0.05) is 11.6 Å². The van der Waals surface area contributed by atoms with Crippen molar-refractivity contribution in [3.8, 4) is 0 Å². The molecule has 12 heavy (non-hydrogen) atoms. The van der Waals surface area contributed by atoms with E-state index in [9.17, 15) is 0 Å². The molecule has 2 nitrogen and oxygen atoms in total. The molecular weight excluding hydrogens is 172 g/mol. The smallest absolute Gasteiger partial charge is 0.177 e. The van der Waals surface area contributed by atoms with Gasteiger partial charge in [0.25, 0.3) is 0 Å². The average molecular weight is 180 g/mol. The molecule has 1 aromatic carbocycles. The zero-order valence-corrected chi connectivity index (χ0v) is 7.47. The minimum absolute atomic E-state index is 0.720. The van der Waals surface area contributed by atoms with Crippen LogP contribution in [0.4, 0.5) is 0 Å². The predicted octanol–water partition coefficient (Wildman–Crippen LogP) is 2.51. The summed E-state index contributed by atoms with van der Waals surface area (Å²) in [7, 11) is 0. The Morgan fingerprint density at radius 1 is 1.58 bits per heavy atom. The maximum Gasteiger partial charge on any atom is 0.177 e. The molecule has 0 atom stereocenters. The SMILES string of the molecule is CCn1[c]nc2cc(Cl)ccc21. The van der Waals surface area contributed by atoms with E-state index in [1.807, 2.05) is 22.8 Å². The lowest BCUT2D eigenvalue weighted by atomic mass is 10.3. The Morgan fingerprint density at radius 3 is 3.17 bits per heavy atom. The van der Waals surface area contributed by atoms with Crippen molar-refractivity contribution >= 4 is 22.6 Å². The molecule has 0 saturated heterocycles. The number of fused-ring (bicyclic) bond motifs is 1. The predicted molar refractivity (Wildman–Crippen MR) is 49.3 cm³/mol. The summed E-state index contributed by atoms with van der Waals surface area (Å²) in [6, 6.07) is 5.68. The fourth-order valence-corrected chi connectivity index (χ4v) is 1.39. The quantitative estimate of drug-likeness (QED) is 0.658. The Balaban J connectivity index is 2.73. The van der Waals surface area contributed by atoms with E-state index in [0.29, 0.717) is 0 Å². The number of hydrogen-bond donors (Lipinski definition) is 0. The van der Waals surface area contributed by atoms with E-state index in [1.165, 1.54) is 0 Å². The first kappa shape index (κ1) is 7.62. The van der Waals surface area contributed by atoms with Gasteiger partial charge in [0, 0.05) is 11.6 Å². The minimum atomic E-state index is 0.720. The maximum atomic E-state index is 5.81. The van der Waals surface area contributed by atoms with Gasteiger partial charge in [0.2, 0.25) is 0 Å². The number of imidazole rings is 1. The molecule has 0 saturated carbocycles. The van der Waals surface area contributed by atoms with E-state index >= 15 is 0 Å². The number of benzene rings is 1. The van der Waals surface area contributed by atoms with Gasteiger partial charge in [-0.3, -0.25) is 0 Å². The van der Waals surface area contributed by atoms with Crippen LogP contribution in [0.15, 0.2) is 18.2 Å². The zero-order valence-electron chi connectivity index (χ0n) is 6.71. The summed E-state index contributed by atoms with van der Waals surface area (Å²) in [6.07, 6.45) is 2.90. The van der Waals surface area contributed by atoms with Crippen molar-refractivity contribution in [3.63, 3.8) is 0 Å². The molecule has 3 heteroatoms. The van der Waals surface area contributed by atoms with Crippen LogP contribution >= 0.6 is 11.6 Å². The first-order valence-electron chi connectivity index (χ1n) is 3.84. The Hall–Kier alpha value is -1.02. The lowest BCUT2D eigenvalue weighted by molar-refractivity contribution is 0.780. The van der Waals surface area contributed by atoms with Crippen LogP contribution < -0.4 is 0 Å². The fraction of sp³-hybridized carbons (Fsp3) is 0.222. The van der Waals surface area contributed by atoms with Crippen LogP contribution in [0.5, 0.6) is 0 Å². The van der Waals surface area contributed by atoms with Gasteiger partial charge < -0.3 is 4.57 Å². The second-order valence-corrected chi connectivity index (χ2v) is 3.03. The van der Waals surface area contributed by atoms with Crippen LogP contribution in [0.1, 0.15) is 6.92 Å². The summed E-state index contributed by atoms with van der Waals surface area (Å²) >= 11 is 5.81. The van der Waals surface area contributed by atoms with Crippen LogP contribution in [0, 0.1) is 6.33 Å². The summed E-state index contributed by atoms with van der Waals surface area (Å²) in [5.74, 6) is 0. The highest BCUT2D eigenvalue weighted by atomic mass is 35.5. The monoisotopic (exact) mass is 179 g/mol. The lowest BCUT2D eigenvalue weighted by Gasteiger charge is -1.96. The Bertz CT molecular complexity index is 406. The Kier molecular flexibility index (Phi) is 1.77. The van der Waals surface area contributed by atoms with Crippen molar-refractivity contribution < 1.29 is 0 Å². The molecule has 0 aliphatic rings. The van der Waals surface area contributed by atoms with Crippen molar-refractivity contribution in [2.45, 2.75) is 13.5 Å². The van der Waals surface area contributed by atoms with Crippen LogP contribution in [-0.4, -0.2) is 9.55 Å². The van der Waals surface area contributed by atoms with Gasteiger partial charge in [0.15, 0.2) is 6.33 Å². The number of aryl methyl sites for hydroxylation is 1. The third-order valence-corrected chi connectivity index (χ3v) is 2.07. The van der Waals surface area contributed by atoms with Crippen molar-refractivity contribution in [1.82, 2.24) is 9.55 Å². The number of aromatic nitrogens is 2. The lowest BCUT2D eigenvalue weighted by Crippen LogP contribution is -1.90. The van der Waals surface area contributed by atoms with Crippen molar-refractivity contribution in [2.24, 2.45) is 0 Å². The topological polar surface area (TPSA) is 17.8 Å². The second kappa shape index (κ2) is 2.79. The van der Waals surface area contributed by atoms with Crippen LogP contribution in [0.25, 0.3) is 11.0 Å². The number of rotatable bonds is 1. The van der Waals surface area contributed by atoms with E-state index < -0.39 is 0 Å². The first-order valence-corrected chi connectivity index (χ1v) is 4.22. The highest BCUT2D eigenvalue weighted by Gasteiger charge is 2.00. The van der Waals surface area contributed by atoms with Crippen LogP contribution in [-0.2, 0) is 6.54 Å². The molecule has 2 rings (SSSR count). The molecule has 0 aliphatic heterocycles. The van der Waals surface area contributed by atoms with E-state index in [0.717, 1.165) is 22.6 Å². The molecule has 0 fully saturated rings. The molecule has 2 aromatic rings. The number of nitrogens with zero attached hydrogens (tertiary/aromatic N) is 2. The molecule has 0 N–H and O–H groups in total. The summed E-state index contributed by atoms with van der Waals surface area (Å²) < 4.78 is 1.96. The molecule has 0 spiro atoms. The molecule has 1 radical (unpaired) electrons. The van der Waals surface area contributed by atoms with Crippen molar-refractivity contribution in [2.75, 3.05) is 0 Å². The van der Waals surface area contributed by atoms with Gasteiger partial charge in [-0.05, 0) is 25.1 Å². The third-order valence-electron chi connectivity index (χ3n) is 1.84. The number of halogens is 1. The largest absolute Gasteiger partial charge is 0.322 e. The summed E-state index contributed by atoms with van der Waals surface area (Å²) in [6.45, 7) is 2.95. The normalized spacial score (nSPS) is 10.8. The molecular formula is C9H8ClN2. The first-order chi connectivity index (χ1) is 5.81. The van der Waals surface area contributed by atoms with Gasteiger partial charge in [-0.25, -0.2) is 4.98 Å². The van der Waals surface area contributed by atoms with E-state index in [4.69, 9.17) is 11.6 Å². The zero-order chi connectivity index (χ0) is 8.55. The molecule has 61 valence electrons. The van der Waals surface area contributed by atoms with Crippen LogP contribution in [0.2, 0.25) is 5.02 Å². The molecule has 1 aromatic heterocycles. The maximum absolute atomic E-state index is 5.81. The average Bonchev–Trinajstić information content (AvgIpc) is 2.46. The highest BCUT2D eigenvalue weighted by molar-refractivity contribution is 6.31. The van der Waals surface area contributed by atoms with Gasteiger partial charge in [-0.15, -0.1) is 0 Å². The number of hydrogen-bond acceptors (Lipinski definition) is 1. The Labute approximate surface area is 75.8 Å². The van der Waals surface area contributed by atoms with Gasteiger partial charge in [0.1, 0.15) is 0 Å². The van der Waals surface area contributed by atoms with Gasteiger partial charge >= 0.3 is 0 Å². The summed E-state index contributed by atoms with van der Waals surface area (Å²) in [5, 5.41) is 0.720. The standard InChI is InChI=1S/C9H8ClN2/c1-2-12-6-11-8-5-7(10)3-4-9(8)12/h3-5H,2H2,1H3. The summed E-state index contributed by atoms with van der Waals surface area (Å²) in [5.41, 5.74) is 1.99. The molecule has 0 unspecified atom stereocenters. The second-order valence-electron chi connectivity index (χ2n) is 2.59. The van der Waals surface area contributed by atoms with Gasteiger partial charge in [-0.2, -0.15) is 0 Å². The highest BCUT2D eigenvalue weighted by Crippen LogP contribution is 2.17. The van der Waals surface area contributed by atoms with E-state index in [-0.39, 0.29) is 0 Å². The molecule has 0 bridgehead atoms. The van der Waals surface area contributed by atoms with Crippen LogP contribution in [0.3, 0.4) is 0 Å². The third kappa shape index (κ3) is 1.08. The van der Waals surface area contributed by atoms with E-state index in [2.05, 4.69) is 18.2 Å². The minimum Gasteiger partial charge on any atom is -0.322 e. The molecule has 1 heterocycles. The van der Waals surface area contributed by atoms with Crippen molar-refractivity contribution in [1.29, 1.82) is 0 Å².